The lowest BCUT2D eigenvalue weighted by Crippen LogP contribution is -2.47. The number of carbonyl (C=O) groups is 4. The van der Waals surface area contributed by atoms with Crippen LogP contribution in [0, 0.1) is 0 Å². The molecule has 0 heterocycles. The van der Waals surface area contributed by atoms with Crippen LogP contribution in [0.4, 0.5) is 9.59 Å². The van der Waals surface area contributed by atoms with E-state index in [1.165, 1.54) is 6.08 Å². The molecule has 2 amide bonds. The molecule has 0 radical (unpaired) electrons. The van der Waals surface area contributed by atoms with Crippen LogP contribution in [0.15, 0.2) is 110 Å². The first-order valence-corrected chi connectivity index (χ1v) is 19.0. The summed E-state index contributed by atoms with van der Waals surface area (Å²) < 4.78 is 22.3. The average molecular weight is 749 g/mol. The summed E-state index contributed by atoms with van der Waals surface area (Å²) in [5.74, 6) is -1.68. The highest BCUT2D eigenvalue weighted by molar-refractivity contribution is 7.99. The van der Waals surface area contributed by atoms with Gasteiger partial charge in [0.1, 0.15) is 37.5 Å². The number of hydrogen-bond acceptors (Lipinski definition) is 9. The Kier molecular flexibility index (Phi) is 12.1. The highest BCUT2D eigenvalue weighted by Crippen LogP contribution is 2.45. The van der Waals surface area contributed by atoms with Crippen molar-refractivity contribution in [3.8, 4) is 22.3 Å². The lowest BCUT2D eigenvalue weighted by atomic mass is 9.98. The Hall–Kier alpha value is -5.55. The zero-order valence-corrected chi connectivity index (χ0v) is 31.4. The van der Waals surface area contributed by atoms with Gasteiger partial charge < -0.3 is 29.6 Å². The van der Waals surface area contributed by atoms with Gasteiger partial charge in [-0.15, -0.1) is 0 Å². The van der Waals surface area contributed by atoms with Gasteiger partial charge in [-0.2, -0.15) is 11.8 Å². The van der Waals surface area contributed by atoms with E-state index >= 15 is 0 Å². The maximum absolute atomic E-state index is 13.3. The summed E-state index contributed by atoms with van der Waals surface area (Å²) in [7, 11) is 0. The monoisotopic (exact) mass is 748 g/mol. The minimum atomic E-state index is -1.13. The maximum Gasteiger partial charge on any atom is 0.407 e. The number of amides is 2. The normalized spacial score (nSPS) is 14.0. The van der Waals surface area contributed by atoms with Crippen molar-refractivity contribution in [1.82, 2.24) is 10.6 Å². The van der Waals surface area contributed by atoms with E-state index in [9.17, 15) is 19.2 Å². The average Bonchev–Trinajstić information content (AvgIpc) is 3.66. The second-order valence-corrected chi connectivity index (χ2v) is 15.1. The number of carbonyl (C=O) groups excluding carboxylic acids is 4. The molecule has 4 aromatic carbocycles. The van der Waals surface area contributed by atoms with Crippen molar-refractivity contribution in [2.45, 2.75) is 50.3 Å². The first-order valence-electron chi connectivity index (χ1n) is 17.8. The van der Waals surface area contributed by atoms with Crippen molar-refractivity contribution in [1.29, 1.82) is 0 Å². The van der Waals surface area contributed by atoms with Crippen molar-refractivity contribution in [2.75, 3.05) is 31.3 Å². The number of ether oxygens (including phenoxy) is 4. The molecule has 0 aromatic heterocycles. The fourth-order valence-electron chi connectivity index (χ4n) is 6.82. The molecular weight excluding hydrogens is 705 g/mol. The van der Waals surface area contributed by atoms with Crippen LogP contribution in [-0.4, -0.2) is 73.1 Å². The summed E-state index contributed by atoms with van der Waals surface area (Å²) in [6.07, 6.45) is -0.155. The molecular formula is C43H44N2O8S. The zero-order valence-electron chi connectivity index (χ0n) is 30.5. The van der Waals surface area contributed by atoms with E-state index in [-0.39, 0.29) is 43.2 Å². The molecule has 0 aliphatic heterocycles. The summed E-state index contributed by atoms with van der Waals surface area (Å²) in [5, 5.41) is 5.29. The van der Waals surface area contributed by atoms with Gasteiger partial charge in [0.15, 0.2) is 0 Å². The molecule has 0 fully saturated rings. The maximum atomic E-state index is 13.3. The molecule has 0 spiro atoms. The Morgan fingerprint density at radius 3 is 1.37 bits per heavy atom. The Morgan fingerprint density at radius 2 is 1.00 bits per heavy atom. The van der Waals surface area contributed by atoms with Gasteiger partial charge in [0.25, 0.3) is 0 Å². The van der Waals surface area contributed by atoms with E-state index in [4.69, 9.17) is 18.9 Å². The lowest BCUT2D eigenvalue weighted by Gasteiger charge is -2.25. The first kappa shape index (κ1) is 38.2. The van der Waals surface area contributed by atoms with Gasteiger partial charge in [0.05, 0.1) is 0 Å². The van der Waals surface area contributed by atoms with E-state index in [0.29, 0.717) is 0 Å². The number of esters is 2. The van der Waals surface area contributed by atoms with Crippen molar-refractivity contribution in [3.05, 3.63) is 132 Å². The highest BCUT2D eigenvalue weighted by Gasteiger charge is 2.33. The van der Waals surface area contributed by atoms with Crippen molar-refractivity contribution in [2.24, 2.45) is 0 Å². The van der Waals surface area contributed by atoms with E-state index in [0.717, 1.165) is 56.3 Å². The SMILES string of the molecule is C=CCOC(=O)[C@@H](CSC[C@H](NC(=O)OCC1c2ccccc2-c2ccccc21)C(=O)OC(C)(C)C)NC(=O)OCC1c2ccccc2-c2ccccc21. The van der Waals surface area contributed by atoms with Gasteiger partial charge in [-0.1, -0.05) is 110 Å². The number of hydrogen-bond donors (Lipinski definition) is 2. The van der Waals surface area contributed by atoms with Crippen LogP contribution in [-0.2, 0) is 28.5 Å². The van der Waals surface area contributed by atoms with Gasteiger partial charge in [-0.3, -0.25) is 0 Å². The van der Waals surface area contributed by atoms with Crippen LogP contribution in [0.25, 0.3) is 22.3 Å². The van der Waals surface area contributed by atoms with Crippen LogP contribution < -0.4 is 10.6 Å². The number of thioether (sulfide) groups is 1. The van der Waals surface area contributed by atoms with Crippen molar-refractivity contribution in [3.63, 3.8) is 0 Å². The van der Waals surface area contributed by atoms with Gasteiger partial charge in [0, 0.05) is 23.3 Å². The lowest BCUT2D eigenvalue weighted by molar-refractivity contribution is -0.156. The Labute approximate surface area is 319 Å². The molecule has 2 aliphatic rings. The van der Waals surface area contributed by atoms with E-state index in [2.05, 4.69) is 17.2 Å². The topological polar surface area (TPSA) is 129 Å². The van der Waals surface area contributed by atoms with Crippen LogP contribution in [0.1, 0.15) is 54.9 Å². The summed E-state index contributed by atoms with van der Waals surface area (Å²) in [6, 6.07) is 29.7. The molecule has 54 heavy (non-hydrogen) atoms. The minimum absolute atomic E-state index is 0.00579. The number of alkyl carbamates (subject to hydrolysis) is 2. The largest absolute Gasteiger partial charge is 0.460 e. The fourth-order valence-corrected chi connectivity index (χ4v) is 7.87. The number of nitrogens with one attached hydrogen (secondary N) is 2. The Morgan fingerprint density at radius 1 is 0.630 bits per heavy atom. The second kappa shape index (κ2) is 17.1. The van der Waals surface area contributed by atoms with Crippen LogP contribution in [0.2, 0.25) is 0 Å². The van der Waals surface area contributed by atoms with Crippen molar-refractivity contribution >= 4 is 35.9 Å². The van der Waals surface area contributed by atoms with Crippen LogP contribution in [0.5, 0.6) is 0 Å². The quantitative estimate of drug-likeness (QED) is 0.0761. The van der Waals surface area contributed by atoms with E-state index in [1.807, 2.05) is 97.1 Å². The summed E-state index contributed by atoms with van der Waals surface area (Å²) in [4.78, 5) is 52.7. The molecule has 10 nitrogen and oxygen atoms in total. The molecule has 0 saturated carbocycles. The third kappa shape index (κ3) is 8.97. The van der Waals surface area contributed by atoms with Crippen molar-refractivity contribution < 1.29 is 38.1 Å². The van der Waals surface area contributed by atoms with E-state index < -0.39 is 41.8 Å². The molecule has 0 unspecified atom stereocenters. The number of rotatable bonds is 14. The third-order valence-electron chi connectivity index (χ3n) is 9.16. The van der Waals surface area contributed by atoms with Gasteiger partial charge in [-0.05, 0) is 65.3 Å². The molecule has 2 atom stereocenters. The Bertz CT molecular complexity index is 1930. The predicted octanol–water partition coefficient (Wildman–Crippen LogP) is 7.61. The van der Waals surface area contributed by atoms with Gasteiger partial charge in [-0.25, -0.2) is 19.2 Å². The Balaban J connectivity index is 1.08. The molecule has 4 aromatic rings. The molecule has 2 N–H and O–H groups in total. The molecule has 0 saturated heterocycles. The second-order valence-electron chi connectivity index (χ2n) is 14.0. The standard InChI is InChI=1S/C43H44N2O8S/c1-5-22-50-39(46)37(44-41(48)51-23-35-31-18-10-6-14-27(31)28-15-7-11-19-32(28)35)25-54-26-38(40(47)53-43(2,3)4)45-42(49)52-24-36-33-20-12-8-16-29(33)30-17-9-13-21-34(30)36/h5-21,35-38H,1,22-26H2,2-4H3,(H,44,48)(H,45,49)/t37-,38+/m1/s1. The smallest absolute Gasteiger partial charge is 0.407 e. The van der Waals surface area contributed by atoms with Crippen LogP contribution in [0.3, 0.4) is 0 Å². The zero-order chi connectivity index (χ0) is 38.2. The van der Waals surface area contributed by atoms with Crippen LogP contribution >= 0.6 is 11.8 Å². The minimum Gasteiger partial charge on any atom is -0.460 e. The molecule has 6 rings (SSSR count). The van der Waals surface area contributed by atoms with E-state index in [1.54, 1.807) is 20.8 Å². The summed E-state index contributed by atoms with van der Waals surface area (Å²) in [5.41, 5.74) is 7.78. The highest BCUT2D eigenvalue weighted by atomic mass is 32.2. The molecule has 280 valence electrons. The third-order valence-corrected chi connectivity index (χ3v) is 10.3. The number of fused-ring (bicyclic) bond motifs is 6. The fraction of sp³-hybridized carbons (Fsp3) is 0.302. The summed E-state index contributed by atoms with van der Waals surface area (Å²) >= 11 is 1.15. The number of benzene rings is 4. The van der Waals surface area contributed by atoms with Gasteiger partial charge >= 0.3 is 24.1 Å². The molecule has 11 heteroatoms. The first-order chi connectivity index (χ1) is 26.0. The summed E-state index contributed by atoms with van der Waals surface area (Å²) in [6.45, 7) is 8.84. The predicted molar refractivity (Wildman–Crippen MR) is 208 cm³/mol. The molecule has 0 bridgehead atoms. The van der Waals surface area contributed by atoms with Gasteiger partial charge in [0.2, 0.25) is 0 Å². The molecule has 2 aliphatic carbocycles.